The van der Waals surface area contributed by atoms with Gasteiger partial charge in [0.15, 0.2) is 0 Å². The lowest BCUT2D eigenvalue weighted by Crippen LogP contribution is -1.96. The summed E-state index contributed by atoms with van der Waals surface area (Å²) < 4.78 is 2.04. The largest absolute Gasteiger partial charge is 0.300 e. The van der Waals surface area contributed by atoms with Gasteiger partial charge in [-0.2, -0.15) is 5.26 Å². The Balaban J connectivity index is 2.81. The van der Waals surface area contributed by atoms with E-state index in [-0.39, 0.29) is 0 Å². The van der Waals surface area contributed by atoms with Gasteiger partial charge in [0.2, 0.25) is 0 Å². The predicted molar refractivity (Wildman–Crippen MR) is 54.0 cm³/mol. The van der Waals surface area contributed by atoms with Gasteiger partial charge in [-0.05, 0) is 26.0 Å². The average Bonchev–Trinajstić information content (AvgIpc) is 2.45. The molecule has 0 unspecified atom stereocenters. The fourth-order valence-corrected chi connectivity index (χ4v) is 1.72. The molecule has 0 fully saturated rings. The fraction of sp³-hybridized carbons (Fsp3) is 0.273. The summed E-state index contributed by atoms with van der Waals surface area (Å²) in [5.41, 5.74) is 3.99. The van der Waals surface area contributed by atoms with Crippen molar-refractivity contribution in [3.05, 3.63) is 35.3 Å². The van der Waals surface area contributed by atoms with Crippen molar-refractivity contribution in [2.45, 2.75) is 20.3 Å². The van der Waals surface area contributed by atoms with Gasteiger partial charge in [0, 0.05) is 5.69 Å². The number of nitrogens with zero attached hydrogens (tertiary/aromatic N) is 3. The third-order valence-electron chi connectivity index (χ3n) is 2.38. The van der Waals surface area contributed by atoms with Gasteiger partial charge in [-0.15, -0.1) is 0 Å². The van der Waals surface area contributed by atoms with Crippen LogP contribution in [0.25, 0.3) is 5.65 Å². The van der Waals surface area contributed by atoms with Crippen LogP contribution in [0.5, 0.6) is 0 Å². The van der Waals surface area contributed by atoms with Crippen LogP contribution in [0.2, 0.25) is 0 Å². The fourth-order valence-electron chi connectivity index (χ4n) is 1.72. The molecule has 0 amide bonds. The van der Waals surface area contributed by atoms with Crippen LogP contribution in [-0.4, -0.2) is 9.38 Å². The minimum absolute atomic E-state index is 0.415. The molecule has 0 radical (unpaired) electrons. The summed E-state index contributed by atoms with van der Waals surface area (Å²) in [7, 11) is 0. The van der Waals surface area contributed by atoms with E-state index in [0.717, 1.165) is 22.7 Å². The highest BCUT2D eigenvalue weighted by Gasteiger charge is 2.08. The highest BCUT2D eigenvalue weighted by molar-refractivity contribution is 5.45. The van der Waals surface area contributed by atoms with E-state index >= 15 is 0 Å². The Kier molecular flexibility index (Phi) is 1.97. The number of hydrogen-bond donors (Lipinski definition) is 0. The molecule has 0 saturated carbocycles. The van der Waals surface area contributed by atoms with Crippen LogP contribution in [0.3, 0.4) is 0 Å². The summed E-state index contributed by atoms with van der Waals surface area (Å²) in [5, 5.41) is 8.72. The zero-order valence-electron chi connectivity index (χ0n) is 8.28. The zero-order valence-corrected chi connectivity index (χ0v) is 8.28. The smallest absolute Gasteiger partial charge is 0.137 e. The van der Waals surface area contributed by atoms with E-state index in [1.54, 1.807) is 0 Å². The number of fused-ring (bicyclic) bond motifs is 1. The number of nitriles is 1. The molecule has 0 atom stereocenters. The van der Waals surface area contributed by atoms with Crippen LogP contribution >= 0.6 is 0 Å². The zero-order chi connectivity index (χ0) is 10.1. The van der Waals surface area contributed by atoms with Gasteiger partial charge in [-0.1, -0.05) is 6.07 Å². The van der Waals surface area contributed by atoms with Crippen LogP contribution in [0.15, 0.2) is 18.2 Å². The van der Waals surface area contributed by atoms with E-state index in [1.165, 1.54) is 0 Å². The first kappa shape index (κ1) is 8.76. The van der Waals surface area contributed by atoms with Crippen molar-refractivity contribution < 1.29 is 0 Å². The molecule has 2 heterocycles. The molecular weight excluding hydrogens is 174 g/mol. The minimum Gasteiger partial charge on any atom is -0.300 e. The van der Waals surface area contributed by atoms with Gasteiger partial charge in [0.1, 0.15) is 5.65 Å². The van der Waals surface area contributed by atoms with Crippen LogP contribution in [0, 0.1) is 25.2 Å². The molecular formula is C11H11N3. The quantitative estimate of drug-likeness (QED) is 0.682. The summed E-state index contributed by atoms with van der Waals surface area (Å²) in [6.45, 7) is 3.97. The van der Waals surface area contributed by atoms with Crippen molar-refractivity contribution in [1.29, 1.82) is 5.26 Å². The number of aromatic nitrogens is 2. The summed E-state index contributed by atoms with van der Waals surface area (Å²) in [4.78, 5) is 4.40. The van der Waals surface area contributed by atoms with E-state index in [0.29, 0.717) is 6.42 Å². The third kappa shape index (κ3) is 1.16. The molecule has 3 nitrogen and oxygen atoms in total. The maximum Gasteiger partial charge on any atom is 0.137 e. The third-order valence-corrected chi connectivity index (χ3v) is 2.38. The van der Waals surface area contributed by atoms with E-state index in [1.807, 2.05) is 36.4 Å². The lowest BCUT2D eigenvalue weighted by molar-refractivity contribution is 0.991. The first-order valence-corrected chi connectivity index (χ1v) is 4.54. The standard InChI is InChI=1S/C11H11N3/c1-8-4-3-5-11-13-9(2)10(6-7-12)14(8)11/h3-5H,6H2,1-2H3. The first-order valence-electron chi connectivity index (χ1n) is 4.54. The lowest BCUT2D eigenvalue weighted by Gasteiger charge is -2.01. The molecule has 2 aromatic rings. The van der Waals surface area contributed by atoms with Gasteiger partial charge >= 0.3 is 0 Å². The Bertz CT molecular complexity index is 517. The molecule has 2 aromatic heterocycles. The number of pyridine rings is 1. The Morgan fingerprint density at radius 2 is 2.21 bits per heavy atom. The van der Waals surface area contributed by atoms with Crippen molar-refractivity contribution in [3.63, 3.8) is 0 Å². The SMILES string of the molecule is Cc1nc2cccc(C)n2c1CC#N. The van der Waals surface area contributed by atoms with Crippen molar-refractivity contribution in [2.75, 3.05) is 0 Å². The van der Waals surface area contributed by atoms with E-state index in [9.17, 15) is 0 Å². The van der Waals surface area contributed by atoms with E-state index in [2.05, 4.69) is 11.1 Å². The van der Waals surface area contributed by atoms with Gasteiger partial charge in [-0.3, -0.25) is 0 Å². The number of imidazole rings is 1. The van der Waals surface area contributed by atoms with Crippen LogP contribution in [0.1, 0.15) is 17.1 Å². The van der Waals surface area contributed by atoms with Crippen LogP contribution < -0.4 is 0 Å². The van der Waals surface area contributed by atoms with Crippen molar-refractivity contribution in [1.82, 2.24) is 9.38 Å². The molecule has 70 valence electrons. The molecule has 0 aliphatic rings. The summed E-state index contributed by atoms with van der Waals surface area (Å²) >= 11 is 0. The van der Waals surface area contributed by atoms with E-state index < -0.39 is 0 Å². The summed E-state index contributed by atoms with van der Waals surface area (Å²) in [6.07, 6.45) is 0.415. The second kappa shape index (κ2) is 3.15. The first-order chi connectivity index (χ1) is 6.74. The van der Waals surface area contributed by atoms with Crippen LogP contribution in [0.4, 0.5) is 0 Å². The molecule has 0 spiro atoms. The van der Waals surface area contributed by atoms with Gasteiger partial charge in [0.05, 0.1) is 23.9 Å². The van der Waals surface area contributed by atoms with Gasteiger partial charge in [0.25, 0.3) is 0 Å². The lowest BCUT2D eigenvalue weighted by atomic mass is 10.2. The monoisotopic (exact) mass is 185 g/mol. The highest BCUT2D eigenvalue weighted by Crippen LogP contribution is 2.14. The molecule has 0 bridgehead atoms. The number of aryl methyl sites for hydroxylation is 2. The molecule has 0 saturated heterocycles. The van der Waals surface area contributed by atoms with Crippen molar-refractivity contribution >= 4 is 5.65 Å². The highest BCUT2D eigenvalue weighted by atomic mass is 15.0. The topological polar surface area (TPSA) is 41.1 Å². The number of hydrogen-bond acceptors (Lipinski definition) is 2. The average molecular weight is 185 g/mol. The minimum atomic E-state index is 0.415. The Labute approximate surface area is 82.6 Å². The molecule has 0 N–H and O–H groups in total. The normalized spacial score (nSPS) is 10.4. The Hall–Kier alpha value is -1.82. The maximum absolute atomic E-state index is 8.72. The predicted octanol–water partition coefficient (Wildman–Crippen LogP) is 2.02. The van der Waals surface area contributed by atoms with Crippen LogP contribution in [-0.2, 0) is 6.42 Å². The molecule has 0 aliphatic carbocycles. The summed E-state index contributed by atoms with van der Waals surface area (Å²) in [5.74, 6) is 0. The Morgan fingerprint density at radius 3 is 2.93 bits per heavy atom. The summed E-state index contributed by atoms with van der Waals surface area (Å²) in [6, 6.07) is 8.13. The molecule has 3 heteroatoms. The maximum atomic E-state index is 8.72. The Morgan fingerprint density at radius 1 is 1.43 bits per heavy atom. The molecule has 2 rings (SSSR count). The van der Waals surface area contributed by atoms with Gasteiger partial charge in [-0.25, -0.2) is 4.98 Å². The second-order valence-corrected chi connectivity index (χ2v) is 3.34. The molecule has 14 heavy (non-hydrogen) atoms. The van der Waals surface area contributed by atoms with Crippen molar-refractivity contribution in [3.8, 4) is 6.07 Å². The van der Waals surface area contributed by atoms with E-state index in [4.69, 9.17) is 5.26 Å². The molecule has 0 aromatic carbocycles. The van der Waals surface area contributed by atoms with Gasteiger partial charge < -0.3 is 4.40 Å². The second-order valence-electron chi connectivity index (χ2n) is 3.34. The van der Waals surface area contributed by atoms with Crippen molar-refractivity contribution in [2.24, 2.45) is 0 Å². The molecule has 0 aliphatic heterocycles. The number of rotatable bonds is 1.